The molecule has 0 atom stereocenters. The molecule has 0 radical (unpaired) electrons. The Bertz CT molecular complexity index is 1030. The molecule has 8 heteroatoms. The van der Waals surface area contributed by atoms with Crippen molar-refractivity contribution >= 4 is 34.1 Å². The summed E-state index contributed by atoms with van der Waals surface area (Å²) in [5, 5.41) is 0.476. The van der Waals surface area contributed by atoms with E-state index in [-0.39, 0.29) is 0 Å². The molecule has 0 N–H and O–H groups in total. The summed E-state index contributed by atoms with van der Waals surface area (Å²) in [5.41, 5.74) is 4.12. The smallest absolute Gasteiger partial charge is 0.179 e. The van der Waals surface area contributed by atoms with E-state index < -0.39 is 0 Å². The lowest BCUT2D eigenvalue weighted by atomic mass is 10.1. The van der Waals surface area contributed by atoms with Crippen LogP contribution in [0.15, 0.2) is 30.6 Å². The van der Waals surface area contributed by atoms with Gasteiger partial charge in [0, 0.05) is 12.7 Å². The lowest BCUT2D eigenvalue weighted by Gasteiger charge is -2.36. The van der Waals surface area contributed by atoms with Crippen molar-refractivity contribution in [2.75, 3.05) is 29.7 Å². The van der Waals surface area contributed by atoms with Gasteiger partial charge in [-0.25, -0.2) is 9.97 Å². The van der Waals surface area contributed by atoms with Crippen molar-refractivity contribution in [3.05, 3.63) is 41.6 Å². The highest BCUT2D eigenvalue weighted by Crippen LogP contribution is 2.38. The fourth-order valence-corrected chi connectivity index (χ4v) is 4.16. The first-order valence-electron chi connectivity index (χ1n) is 10.1. The zero-order chi connectivity index (χ0) is 20.0. The Morgan fingerprint density at radius 1 is 1.17 bits per heavy atom. The third kappa shape index (κ3) is 3.42. The van der Waals surface area contributed by atoms with Gasteiger partial charge in [-0.3, -0.25) is 4.98 Å². The Kier molecular flexibility index (Phi) is 4.80. The zero-order valence-corrected chi connectivity index (χ0v) is 17.5. The number of anilines is 2. The monoisotopic (exact) mass is 412 g/mol. The number of nitrogens with zero attached hydrogens (tertiary/aromatic N) is 6. The van der Waals surface area contributed by atoms with Crippen molar-refractivity contribution in [3.8, 4) is 0 Å². The average molecular weight is 413 g/mol. The summed E-state index contributed by atoms with van der Waals surface area (Å²) in [5.74, 6) is 1.63. The molecule has 5 rings (SSSR count). The highest BCUT2D eigenvalue weighted by Gasteiger charge is 2.35. The summed E-state index contributed by atoms with van der Waals surface area (Å²) in [6.07, 6.45) is 4.90. The number of aryl methyl sites for hydroxylation is 1. The van der Waals surface area contributed by atoms with Crippen molar-refractivity contribution in [2.45, 2.75) is 39.4 Å². The number of aromatic nitrogens is 4. The summed E-state index contributed by atoms with van der Waals surface area (Å²) in [7, 11) is 0. The molecule has 0 saturated carbocycles. The van der Waals surface area contributed by atoms with Crippen LogP contribution in [0.5, 0.6) is 0 Å². The highest BCUT2D eigenvalue weighted by atomic mass is 35.5. The van der Waals surface area contributed by atoms with E-state index >= 15 is 0 Å². The van der Waals surface area contributed by atoms with Gasteiger partial charge in [0.25, 0.3) is 0 Å². The van der Waals surface area contributed by atoms with E-state index in [1.54, 1.807) is 0 Å². The van der Waals surface area contributed by atoms with E-state index in [4.69, 9.17) is 21.3 Å². The van der Waals surface area contributed by atoms with Crippen LogP contribution in [0.4, 0.5) is 11.4 Å². The summed E-state index contributed by atoms with van der Waals surface area (Å²) in [6.45, 7) is 8.49. The number of hydrogen-bond acceptors (Lipinski definition) is 6. The van der Waals surface area contributed by atoms with Gasteiger partial charge in [-0.05, 0) is 30.5 Å². The van der Waals surface area contributed by atoms with E-state index in [0.717, 1.165) is 49.9 Å². The van der Waals surface area contributed by atoms with Crippen LogP contribution in [0, 0.1) is 5.92 Å². The van der Waals surface area contributed by atoms with Crippen LogP contribution in [0.25, 0.3) is 11.2 Å². The number of fused-ring (bicyclic) bond motifs is 2. The molecule has 0 aromatic carbocycles. The molecule has 3 aromatic rings. The molecule has 5 heterocycles. The van der Waals surface area contributed by atoms with Crippen LogP contribution in [0.3, 0.4) is 0 Å². The third-order valence-corrected chi connectivity index (χ3v) is 5.94. The first-order chi connectivity index (χ1) is 14.1. The normalized spacial score (nSPS) is 16.7. The molecule has 0 aliphatic carbocycles. The first-order valence-corrected chi connectivity index (χ1v) is 10.5. The largest absolute Gasteiger partial charge is 0.377 e. The van der Waals surface area contributed by atoms with Gasteiger partial charge in [-0.2, -0.15) is 0 Å². The van der Waals surface area contributed by atoms with Crippen molar-refractivity contribution < 1.29 is 4.74 Å². The topological polar surface area (TPSA) is 59.3 Å². The van der Waals surface area contributed by atoms with Crippen molar-refractivity contribution in [2.24, 2.45) is 5.92 Å². The van der Waals surface area contributed by atoms with Crippen molar-refractivity contribution in [1.29, 1.82) is 0 Å². The van der Waals surface area contributed by atoms with E-state index in [1.807, 2.05) is 24.5 Å². The lowest BCUT2D eigenvalue weighted by Crippen LogP contribution is -2.50. The Hall–Kier alpha value is -2.38. The molecule has 3 aromatic heterocycles. The number of halogens is 1. The Morgan fingerprint density at radius 2 is 2.03 bits per heavy atom. The molecular weight excluding hydrogens is 388 g/mol. The number of pyridine rings is 2. The molecule has 0 unspecified atom stereocenters. The van der Waals surface area contributed by atoms with E-state index in [9.17, 15) is 0 Å². The molecule has 0 bridgehead atoms. The summed E-state index contributed by atoms with van der Waals surface area (Å²) < 4.78 is 7.72. The molecule has 1 saturated heterocycles. The van der Waals surface area contributed by atoms with E-state index in [1.165, 1.54) is 5.69 Å². The van der Waals surface area contributed by atoms with Crippen molar-refractivity contribution in [1.82, 2.24) is 19.5 Å². The van der Waals surface area contributed by atoms with E-state index in [2.05, 4.69) is 44.2 Å². The molecule has 0 amide bonds. The summed E-state index contributed by atoms with van der Waals surface area (Å²) in [6, 6.07) is 6.39. The maximum atomic E-state index is 6.12. The minimum atomic E-state index is 0.432. The van der Waals surface area contributed by atoms with Gasteiger partial charge in [0.15, 0.2) is 5.65 Å². The predicted octanol–water partition coefficient (Wildman–Crippen LogP) is 3.71. The molecule has 7 nitrogen and oxygen atoms in total. The fourth-order valence-electron chi connectivity index (χ4n) is 4.01. The van der Waals surface area contributed by atoms with Gasteiger partial charge in [-0.15, -0.1) is 0 Å². The standard InChI is InChI=1S/C21H25ClN6O/c1-14(2)6-8-27-17-3-4-19(22)24-21(17)25-20(27)10-26-13-28(15-11-29-12-15)16-5-7-23-9-18(16)26/h3-5,7,9,14-15H,6,8,10-13H2,1-2H3. The molecule has 29 heavy (non-hydrogen) atoms. The lowest BCUT2D eigenvalue weighted by molar-refractivity contribution is 0.00876. The van der Waals surface area contributed by atoms with Crippen LogP contribution in [-0.4, -0.2) is 45.4 Å². The van der Waals surface area contributed by atoms with Crippen LogP contribution < -0.4 is 9.80 Å². The minimum absolute atomic E-state index is 0.432. The second kappa shape index (κ2) is 7.46. The molecular formula is C21H25ClN6O. The van der Waals surface area contributed by atoms with Crippen LogP contribution in [0.1, 0.15) is 26.1 Å². The number of ether oxygens (including phenoxy) is 1. The minimum Gasteiger partial charge on any atom is -0.377 e. The molecule has 2 aliphatic heterocycles. The predicted molar refractivity (Wildman–Crippen MR) is 114 cm³/mol. The van der Waals surface area contributed by atoms with Gasteiger partial charge in [0.05, 0.1) is 55.6 Å². The molecule has 1 fully saturated rings. The first kappa shape index (κ1) is 18.6. The number of imidazole rings is 1. The summed E-state index contributed by atoms with van der Waals surface area (Å²) >= 11 is 6.12. The van der Waals surface area contributed by atoms with Gasteiger partial charge < -0.3 is 19.1 Å². The van der Waals surface area contributed by atoms with Crippen LogP contribution in [-0.2, 0) is 17.8 Å². The van der Waals surface area contributed by atoms with Crippen LogP contribution in [0.2, 0.25) is 5.15 Å². The number of hydrogen-bond donors (Lipinski definition) is 0. The Morgan fingerprint density at radius 3 is 2.79 bits per heavy atom. The highest BCUT2D eigenvalue weighted by molar-refractivity contribution is 6.29. The molecule has 2 aliphatic rings. The maximum Gasteiger partial charge on any atom is 0.179 e. The number of rotatable bonds is 6. The molecule has 152 valence electrons. The van der Waals surface area contributed by atoms with Gasteiger partial charge >= 0.3 is 0 Å². The van der Waals surface area contributed by atoms with Gasteiger partial charge in [0.2, 0.25) is 0 Å². The van der Waals surface area contributed by atoms with E-state index in [0.29, 0.717) is 29.3 Å². The van der Waals surface area contributed by atoms with Crippen molar-refractivity contribution in [3.63, 3.8) is 0 Å². The van der Waals surface area contributed by atoms with Gasteiger partial charge in [-0.1, -0.05) is 25.4 Å². The fraction of sp³-hybridized carbons (Fsp3) is 0.476. The maximum absolute atomic E-state index is 6.12. The second-order valence-corrected chi connectivity index (χ2v) is 8.59. The SMILES string of the molecule is CC(C)CCn1c(CN2CN(C3COC3)c3ccncc32)nc2nc(Cl)ccc21. The Labute approximate surface area is 175 Å². The quantitative estimate of drug-likeness (QED) is 0.575. The third-order valence-electron chi connectivity index (χ3n) is 5.73. The zero-order valence-electron chi connectivity index (χ0n) is 16.8. The van der Waals surface area contributed by atoms with Crippen LogP contribution >= 0.6 is 11.6 Å². The summed E-state index contributed by atoms with van der Waals surface area (Å²) in [4.78, 5) is 18.4. The second-order valence-electron chi connectivity index (χ2n) is 8.20. The van der Waals surface area contributed by atoms with Gasteiger partial charge in [0.1, 0.15) is 11.0 Å². The average Bonchev–Trinajstić information content (AvgIpc) is 3.17. The molecule has 0 spiro atoms. The Balaban J connectivity index is 1.49.